The third-order valence-corrected chi connectivity index (χ3v) is 8.95. The lowest BCUT2D eigenvalue weighted by Gasteiger charge is -2.25. The van der Waals surface area contributed by atoms with Gasteiger partial charge in [-0.15, -0.1) is 11.8 Å². The number of carbonyl (C=O) groups is 2. The molecule has 1 unspecified atom stereocenters. The van der Waals surface area contributed by atoms with Crippen molar-refractivity contribution in [2.45, 2.75) is 63.2 Å². The Labute approximate surface area is 240 Å². The van der Waals surface area contributed by atoms with Crippen molar-refractivity contribution in [1.29, 1.82) is 0 Å². The van der Waals surface area contributed by atoms with E-state index in [2.05, 4.69) is 10.1 Å². The lowest BCUT2D eigenvalue weighted by molar-refractivity contribution is -0.160. The molecule has 2 aromatic rings. The SMILES string of the molecule is C[C@H](NP(=O)(OCOC(=O)C(C)(C)C)OC[C@H]1S[C@@H](n2ccc(N)nc2=O)[C@@H](F)[C@@H]1O)C(=O)OCc1ccccc1. The molecule has 0 saturated carbocycles. The fourth-order valence-corrected chi connectivity index (χ4v) is 6.35. The van der Waals surface area contributed by atoms with Crippen LogP contribution >= 0.6 is 19.5 Å². The number of benzene rings is 1. The first-order chi connectivity index (χ1) is 19.2. The highest BCUT2D eigenvalue weighted by atomic mass is 32.2. The standard InChI is InChI=1S/C25H34FN4O9PS/c1-15(22(32)36-12-16-8-6-5-7-9-16)29-40(35,39-14-37-23(33)25(2,3)4)38-13-17-20(31)19(26)21(41-17)30-11-10-18(27)28-24(30)34/h5-11,15,17,19-21,31H,12-14H2,1-4H3,(H,29,35)(H2,27,28,34)/t15-,17+,19-,20+,21+,40?/m0/s1. The molecular formula is C25H34FN4O9PS. The molecule has 4 N–H and O–H groups in total. The molecule has 13 nitrogen and oxygen atoms in total. The van der Waals surface area contributed by atoms with Crippen molar-refractivity contribution in [3.63, 3.8) is 0 Å². The van der Waals surface area contributed by atoms with E-state index in [-0.39, 0.29) is 12.4 Å². The summed E-state index contributed by atoms with van der Waals surface area (Å²) in [6, 6.07) is 9.00. The minimum atomic E-state index is -4.41. The van der Waals surface area contributed by atoms with E-state index in [0.717, 1.165) is 21.9 Å². The molecule has 1 aliphatic heterocycles. The number of nitrogen functional groups attached to an aromatic ring is 1. The summed E-state index contributed by atoms with van der Waals surface area (Å²) >= 11 is 0.854. The van der Waals surface area contributed by atoms with E-state index in [1.807, 2.05) is 6.07 Å². The molecule has 0 amide bonds. The number of nitrogens with two attached hydrogens (primary N) is 1. The molecule has 0 aliphatic carbocycles. The highest BCUT2D eigenvalue weighted by Crippen LogP contribution is 2.48. The van der Waals surface area contributed by atoms with Crippen LogP contribution in [0, 0.1) is 5.41 Å². The maximum absolute atomic E-state index is 15.0. The molecule has 1 saturated heterocycles. The Bertz CT molecular complexity index is 1310. The van der Waals surface area contributed by atoms with Crippen molar-refractivity contribution in [3.05, 3.63) is 58.6 Å². The molecule has 6 atom stereocenters. The van der Waals surface area contributed by atoms with E-state index in [0.29, 0.717) is 0 Å². The number of aliphatic hydroxyl groups is 1. The van der Waals surface area contributed by atoms with Gasteiger partial charge in [-0.05, 0) is 39.3 Å². The number of aliphatic hydroxyl groups excluding tert-OH is 1. The largest absolute Gasteiger partial charge is 0.460 e. The van der Waals surface area contributed by atoms with E-state index in [1.54, 1.807) is 45.0 Å². The monoisotopic (exact) mass is 616 g/mol. The second-order valence-electron chi connectivity index (χ2n) is 10.2. The average Bonchev–Trinajstić information content (AvgIpc) is 3.19. The predicted octanol–water partition coefficient (Wildman–Crippen LogP) is 2.55. The van der Waals surface area contributed by atoms with Crippen LogP contribution in [0.3, 0.4) is 0 Å². The molecular weight excluding hydrogens is 582 g/mol. The molecule has 41 heavy (non-hydrogen) atoms. The Morgan fingerprint density at radius 3 is 2.54 bits per heavy atom. The molecule has 0 bridgehead atoms. The zero-order valence-corrected chi connectivity index (χ0v) is 24.7. The zero-order valence-electron chi connectivity index (χ0n) is 23.0. The summed E-state index contributed by atoms with van der Waals surface area (Å²) in [5, 5.41) is 10.8. The number of alkyl halides is 1. The highest BCUT2D eigenvalue weighted by molar-refractivity contribution is 8.00. The lowest BCUT2D eigenvalue weighted by Crippen LogP contribution is -2.36. The van der Waals surface area contributed by atoms with E-state index in [4.69, 9.17) is 24.3 Å². The number of hydrogen-bond acceptors (Lipinski definition) is 12. The summed E-state index contributed by atoms with van der Waals surface area (Å²) in [4.78, 5) is 40.5. The van der Waals surface area contributed by atoms with Gasteiger partial charge < -0.3 is 20.3 Å². The number of nitrogens with one attached hydrogen (secondary N) is 1. The van der Waals surface area contributed by atoms with Crippen molar-refractivity contribution < 1.29 is 42.2 Å². The Balaban J connectivity index is 1.68. The summed E-state index contributed by atoms with van der Waals surface area (Å²) in [6.07, 6.45) is -2.26. The summed E-state index contributed by atoms with van der Waals surface area (Å²) in [6.45, 7) is 4.85. The average molecular weight is 617 g/mol. The predicted molar refractivity (Wildman–Crippen MR) is 148 cm³/mol. The Morgan fingerprint density at radius 2 is 1.90 bits per heavy atom. The number of anilines is 1. The molecule has 0 spiro atoms. The fourth-order valence-electron chi connectivity index (χ4n) is 3.48. The Kier molecular flexibility index (Phi) is 11.1. The smallest absolute Gasteiger partial charge is 0.409 e. The van der Waals surface area contributed by atoms with Crippen LogP contribution in [0.1, 0.15) is 38.6 Å². The van der Waals surface area contributed by atoms with Gasteiger partial charge >= 0.3 is 25.4 Å². The number of nitrogens with zero attached hydrogens (tertiary/aromatic N) is 2. The molecule has 1 aliphatic rings. The number of thioether (sulfide) groups is 1. The first-order valence-electron chi connectivity index (χ1n) is 12.6. The zero-order chi connectivity index (χ0) is 30.4. The molecule has 1 aromatic heterocycles. The molecule has 226 valence electrons. The van der Waals surface area contributed by atoms with E-state index in [1.165, 1.54) is 19.2 Å². The van der Waals surface area contributed by atoms with Crippen LogP contribution in [-0.4, -0.2) is 63.6 Å². The van der Waals surface area contributed by atoms with Crippen molar-refractivity contribution in [2.24, 2.45) is 5.41 Å². The van der Waals surface area contributed by atoms with Gasteiger partial charge in [-0.2, -0.15) is 4.98 Å². The number of halogens is 1. The minimum Gasteiger partial charge on any atom is -0.460 e. The van der Waals surface area contributed by atoms with Gasteiger partial charge in [0.1, 0.15) is 29.9 Å². The van der Waals surface area contributed by atoms with E-state index in [9.17, 15) is 28.4 Å². The number of ether oxygens (including phenoxy) is 2. The van der Waals surface area contributed by atoms with Gasteiger partial charge in [0.05, 0.1) is 17.3 Å². The number of hydrogen-bond donors (Lipinski definition) is 3. The van der Waals surface area contributed by atoms with Crippen LogP contribution in [0.25, 0.3) is 0 Å². The van der Waals surface area contributed by atoms with Crippen LogP contribution in [0.2, 0.25) is 0 Å². The van der Waals surface area contributed by atoms with E-state index >= 15 is 0 Å². The van der Waals surface area contributed by atoms with Crippen molar-refractivity contribution in [1.82, 2.24) is 14.6 Å². The molecule has 3 rings (SSSR count). The van der Waals surface area contributed by atoms with Gasteiger partial charge in [0, 0.05) is 6.20 Å². The molecule has 1 aromatic carbocycles. The summed E-state index contributed by atoms with van der Waals surface area (Å²) in [7, 11) is -4.41. The first kappa shape index (κ1) is 32.7. The molecule has 0 radical (unpaired) electrons. The molecule has 2 heterocycles. The molecule has 16 heteroatoms. The van der Waals surface area contributed by atoms with Crippen molar-refractivity contribution in [2.75, 3.05) is 19.1 Å². The summed E-state index contributed by atoms with van der Waals surface area (Å²) in [5.41, 5.74) is 4.54. The quantitative estimate of drug-likeness (QED) is 0.180. The number of aromatic nitrogens is 2. The Hall–Kier alpha value is -2.81. The minimum absolute atomic E-state index is 0.0373. The van der Waals surface area contributed by atoms with Crippen molar-refractivity contribution in [3.8, 4) is 0 Å². The summed E-state index contributed by atoms with van der Waals surface area (Å²) < 4.78 is 50.6. The van der Waals surface area contributed by atoms with Gasteiger partial charge in [-0.3, -0.25) is 23.2 Å². The van der Waals surface area contributed by atoms with Gasteiger partial charge in [-0.25, -0.2) is 18.8 Å². The first-order valence-corrected chi connectivity index (χ1v) is 15.1. The molecule has 1 fully saturated rings. The second kappa shape index (κ2) is 13.9. The van der Waals surface area contributed by atoms with Gasteiger partial charge in [0.15, 0.2) is 6.17 Å². The van der Waals surface area contributed by atoms with Crippen LogP contribution in [0.15, 0.2) is 47.4 Å². The maximum atomic E-state index is 15.0. The van der Waals surface area contributed by atoms with Crippen LogP contribution < -0.4 is 16.5 Å². The highest BCUT2D eigenvalue weighted by Gasteiger charge is 2.46. The fraction of sp³-hybridized carbons (Fsp3) is 0.520. The third kappa shape index (κ3) is 9.09. The lowest BCUT2D eigenvalue weighted by atomic mass is 9.98. The number of esters is 2. The summed E-state index contributed by atoms with van der Waals surface area (Å²) in [5.74, 6) is -1.47. The number of carbonyl (C=O) groups excluding carboxylic acids is 2. The van der Waals surface area contributed by atoms with Crippen LogP contribution in [0.4, 0.5) is 10.2 Å². The van der Waals surface area contributed by atoms with Gasteiger partial charge in [-0.1, -0.05) is 30.3 Å². The van der Waals surface area contributed by atoms with Crippen LogP contribution in [-0.2, 0) is 39.3 Å². The Morgan fingerprint density at radius 1 is 1.22 bits per heavy atom. The maximum Gasteiger partial charge on any atom is 0.409 e. The van der Waals surface area contributed by atoms with E-state index < -0.39 is 73.1 Å². The number of rotatable bonds is 12. The van der Waals surface area contributed by atoms with Gasteiger partial charge in [0.25, 0.3) is 0 Å². The third-order valence-electron chi connectivity index (χ3n) is 5.78. The van der Waals surface area contributed by atoms with Crippen LogP contribution in [0.5, 0.6) is 0 Å². The van der Waals surface area contributed by atoms with Crippen molar-refractivity contribution >= 4 is 37.3 Å². The van der Waals surface area contributed by atoms with Gasteiger partial charge in [0.2, 0.25) is 6.79 Å². The normalized spacial score (nSPS) is 23.0. The second-order valence-corrected chi connectivity index (χ2v) is 13.3. The topological polar surface area (TPSA) is 181 Å².